The number of ether oxygens (including phenoxy) is 1. The molecule has 40 heavy (non-hydrogen) atoms. The van der Waals surface area contributed by atoms with Gasteiger partial charge in [-0.2, -0.15) is 0 Å². The van der Waals surface area contributed by atoms with Gasteiger partial charge in [-0.25, -0.2) is 4.39 Å². The second kappa shape index (κ2) is 9.84. The Labute approximate surface area is 235 Å². The molecule has 0 bridgehead atoms. The topological polar surface area (TPSA) is 63.2 Å². The van der Waals surface area contributed by atoms with Crippen LogP contribution in [0.25, 0.3) is 5.57 Å². The van der Waals surface area contributed by atoms with Crippen LogP contribution in [0.15, 0.2) is 72.6 Å². The molecular formula is C34H36FN3O2. The molecule has 3 aliphatic carbocycles. The minimum absolute atomic E-state index is 0.165. The number of benzene rings is 2. The maximum Gasteiger partial charge on any atom is 0.253 e. The first-order valence-corrected chi connectivity index (χ1v) is 14.6. The smallest absolute Gasteiger partial charge is 0.253 e. The van der Waals surface area contributed by atoms with Crippen LogP contribution in [0.2, 0.25) is 0 Å². The average molecular weight is 538 g/mol. The number of aromatic nitrogens is 1. The van der Waals surface area contributed by atoms with Gasteiger partial charge in [0.05, 0.1) is 23.9 Å². The summed E-state index contributed by atoms with van der Waals surface area (Å²) in [5.41, 5.74) is 7.29. The highest BCUT2D eigenvalue weighted by Crippen LogP contribution is 2.56. The Hall–Kier alpha value is -3.51. The van der Waals surface area contributed by atoms with E-state index in [0.717, 1.165) is 55.5 Å². The molecule has 2 spiro atoms. The van der Waals surface area contributed by atoms with Crippen LogP contribution in [0.4, 0.5) is 4.39 Å². The van der Waals surface area contributed by atoms with E-state index in [2.05, 4.69) is 39.9 Å². The molecule has 2 heterocycles. The summed E-state index contributed by atoms with van der Waals surface area (Å²) in [6.45, 7) is 4.15. The monoisotopic (exact) mass is 537 g/mol. The lowest BCUT2D eigenvalue weighted by atomic mass is 9.55. The van der Waals surface area contributed by atoms with Crippen LogP contribution in [0.3, 0.4) is 0 Å². The Morgan fingerprint density at radius 1 is 0.975 bits per heavy atom. The van der Waals surface area contributed by atoms with Gasteiger partial charge < -0.3 is 15.4 Å². The second-order valence-electron chi connectivity index (χ2n) is 12.7. The van der Waals surface area contributed by atoms with Crippen LogP contribution in [0.1, 0.15) is 85.0 Å². The fraction of sp³-hybridized carbons (Fsp3) is 0.412. The molecular weight excluding hydrogens is 501 g/mol. The number of pyridine rings is 1. The summed E-state index contributed by atoms with van der Waals surface area (Å²) >= 11 is 0. The van der Waals surface area contributed by atoms with Crippen LogP contribution in [-0.4, -0.2) is 30.1 Å². The maximum atomic E-state index is 13.7. The first-order valence-electron chi connectivity index (χ1n) is 14.6. The predicted octanol–water partition coefficient (Wildman–Crippen LogP) is 6.61. The number of hydrogen-bond donors (Lipinski definition) is 2. The number of nitrogens with one attached hydrogen (secondary N) is 2. The van der Waals surface area contributed by atoms with Crippen molar-refractivity contribution in [3.63, 3.8) is 0 Å². The lowest BCUT2D eigenvalue weighted by molar-refractivity contribution is -0.0682. The molecule has 1 aromatic heterocycles. The van der Waals surface area contributed by atoms with Gasteiger partial charge in [0.1, 0.15) is 11.6 Å². The Morgan fingerprint density at radius 3 is 2.25 bits per heavy atom. The van der Waals surface area contributed by atoms with Crippen molar-refractivity contribution in [1.82, 2.24) is 15.6 Å². The zero-order chi connectivity index (χ0) is 27.3. The minimum atomic E-state index is -0.223. The summed E-state index contributed by atoms with van der Waals surface area (Å²) in [5, 5.41) is 6.52. The molecule has 3 aromatic rings. The molecule has 6 heteroatoms. The molecule has 206 valence electrons. The van der Waals surface area contributed by atoms with Crippen LogP contribution in [0.5, 0.6) is 5.75 Å². The third-order valence-corrected chi connectivity index (χ3v) is 9.72. The third-order valence-electron chi connectivity index (χ3n) is 9.72. The number of nitrogens with zero attached hydrogens (tertiary/aromatic N) is 1. The lowest BCUT2D eigenvalue weighted by Gasteiger charge is -2.53. The van der Waals surface area contributed by atoms with Gasteiger partial charge >= 0.3 is 0 Å². The molecule has 4 fully saturated rings. The van der Waals surface area contributed by atoms with E-state index in [1.54, 1.807) is 18.5 Å². The number of amides is 1. The van der Waals surface area contributed by atoms with Gasteiger partial charge in [-0.3, -0.25) is 9.78 Å². The Balaban J connectivity index is 1.03. The van der Waals surface area contributed by atoms with Gasteiger partial charge in [0.15, 0.2) is 0 Å². The van der Waals surface area contributed by atoms with E-state index in [4.69, 9.17) is 4.74 Å². The number of halogens is 1. The first-order chi connectivity index (χ1) is 19.4. The van der Waals surface area contributed by atoms with E-state index in [1.807, 2.05) is 19.1 Å². The number of rotatable bonds is 7. The van der Waals surface area contributed by atoms with Crippen molar-refractivity contribution in [2.45, 2.75) is 64.0 Å². The molecule has 2 aromatic carbocycles. The summed E-state index contributed by atoms with van der Waals surface area (Å²) in [7, 11) is 0. The quantitative estimate of drug-likeness (QED) is 0.356. The van der Waals surface area contributed by atoms with Crippen molar-refractivity contribution in [3.05, 3.63) is 101 Å². The van der Waals surface area contributed by atoms with Gasteiger partial charge in [0, 0.05) is 24.7 Å². The first kappa shape index (κ1) is 25.5. The molecule has 1 atom stereocenters. The Morgan fingerprint density at radius 2 is 1.65 bits per heavy atom. The zero-order valence-corrected chi connectivity index (χ0v) is 23.0. The molecule has 7 rings (SSSR count). The molecule has 3 saturated carbocycles. The van der Waals surface area contributed by atoms with Gasteiger partial charge in [0.25, 0.3) is 5.91 Å². The average Bonchev–Trinajstić information content (AvgIpc) is 2.86. The van der Waals surface area contributed by atoms with Crippen molar-refractivity contribution < 1.29 is 13.9 Å². The number of allylic oxidation sites excluding steroid dienone is 1. The number of carbonyl (C=O) groups excluding carboxylic acids is 1. The molecule has 1 amide bonds. The largest absolute Gasteiger partial charge is 0.489 e. The fourth-order valence-corrected chi connectivity index (χ4v) is 7.13. The van der Waals surface area contributed by atoms with Crippen molar-refractivity contribution >= 4 is 11.5 Å². The normalized spacial score (nSPS) is 21.0. The van der Waals surface area contributed by atoms with Gasteiger partial charge in [-0.1, -0.05) is 48.4 Å². The zero-order valence-electron chi connectivity index (χ0n) is 23.0. The van der Waals surface area contributed by atoms with E-state index >= 15 is 0 Å². The van der Waals surface area contributed by atoms with E-state index in [0.29, 0.717) is 22.1 Å². The van der Waals surface area contributed by atoms with Crippen molar-refractivity contribution in [1.29, 1.82) is 0 Å². The molecule has 1 saturated heterocycles. The molecule has 0 unspecified atom stereocenters. The molecule has 1 aliphatic heterocycles. The number of carbonyl (C=O) groups is 1. The summed E-state index contributed by atoms with van der Waals surface area (Å²) in [4.78, 5) is 17.3. The molecule has 4 aliphatic rings. The van der Waals surface area contributed by atoms with Crippen LogP contribution >= 0.6 is 0 Å². The van der Waals surface area contributed by atoms with Crippen LogP contribution in [0, 0.1) is 16.6 Å². The maximum absolute atomic E-state index is 13.7. The summed E-state index contributed by atoms with van der Waals surface area (Å²) in [6.07, 6.45) is 11.9. The van der Waals surface area contributed by atoms with Gasteiger partial charge in [-0.15, -0.1) is 0 Å². The van der Waals surface area contributed by atoms with Crippen LogP contribution in [-0.2, 0) is 0 Å². The highest BCUT2D eigenvalue weighted by Gasteiger charge is 2.49. The Bertz CT molecular complexity index is 1440. The van der Waals surface area contributed by atoms with E-state index in [-0.39, 0.29) is 23.9 Å². The van der Waals surface area contributed by atoms with Crippen molar-refractivity contribution in [2.24, 2.45) is 10.8 Å². The fourth-order valence-electron chi connectivity index (χ4n) is 7.13. The van der Waals surface area contributed by atoms with Crippen molar-refractivity contribution in [3.8, 4) is 5.75 Å². The summed E-state index contributed by atoms with van der Waals surface area (Å²) in [6, 6.07) is 16.8. The third kappa shape index (κ3) is 4.72. The minimum Gasteiger partial charge on any atom is -0.489 e. The highest BCUT2D eigenvalue weighted by atomic mass is 19.1. The predicted molar refractivity (Wildman–Crippen MR) is 153 cm³/mol. The van der Waals surface area contributed by atoms with Gasteiger partial charge in [-0.05, 0) is 91.3 Å². The lowest BCUT2D eigenvalue weighted by Crippen LogP contribution is -2.58. The highest BCUT2D eigenvalue weighted by molar-refractivity contribution is 5.94. The standard InChI is InChI=1S/C34H36FN3O2/c1-22(38-32(39)26-13-29(19-36-18-26)40-30-16-33(17-30)11-2-12-33)23-3-5-24(6-4-23)31(25-7-9-28(35)10-8-25)27-14-34(15-27)20-37-21-34/h3-10,13,18-19,22,30,37H,2,11-12,14-17,20-21H2,1H3,(H,38,39)/t22-/m1/s1. The van der Waals surface area contributed by atoms with Crippen LogP contribution < -0.4 is 15.4 Å². The van der Waals surface area contributed by atoms with Crippen molar-refractivity contribution in [2.75, 3.05) is 13.1 Å². The van der Waals surface area contributed by atoms with Gasteiger partial charge in [0.2, 0.25) is 0 Å². The van der Waals surface area contributed by atoms with E-state index in [1.165, 1.54) is 42.5 Å². The van der Waals surface area contributed by atoms with E-state index in [9.17, 15) is 9.18 Å². The molecule has 2 N–H and O–H groups in total. The SMILES string of the molecule is C[C@@H](NC(=O)c1cncc(OC2CC3(CCC3)C2)c1)c1ccc(C(=C2CC3(CNC3)C2)c2ccc(F)cc2)cc1. The molecule has 0 radical (unpaired) electrons. The summed E-state index contributed by atoms with van der Waals surface area (Å²) < 4.78 is 19.8. The number of hydrogen-bond acceptors (Lipinski definition) is 4. The molecule has 5 nitrogen and oxygen atoms in total. The Kier molecular flexibility index (Phi) is 6.26. The second-order valence-corrected chi connectivity index (χ2v) is 12.7. The summed E-state index contributed by atoms with van der Waals surface area (Å²) in [5.74, 6) is 0.279. The van der Waals surface area contributed by atoms with E-state index < -0.39 is 0 Å².